The summed E-state index contributed by atoms with van der Waals surface area (Å²) in [5.74, 6) is -0.400. The predicted octanol–water partition coefficient (Wildman–Crippen LogP) is 0.442. The molecule has 1 fully saturated rings. The highest BCUT2D eigenvalue weighted by Crippen LogP contribution is 2.39. The van der Waals surface area contributed by atoms with Crippen LogP contribution in [0.15, 0.2) is 0 Å². The maximum atomic E-state index is 10.9. The lowest BCUT2D eigenvalue weighted by Crippen LogP contribution is -2.46. The Balaban J connectivity index is 2.85. The van der Waals surface area contributed by atoms with E-state index in [0.717, 1.165) is 0 Å². The zero-order valence-electron chi connectivity index (χ0n) is 9.06. The van der Waals surface area contributed by atoms with Gasteiger partial charge in [-0.15, -0.1) is 0 Å². The Morgan fingerprint density at radius 2 is 2.00 bits per heavy atom. The fourth-order valence-corrected chi connectivity index (χ4v) is 3.39. The van der Waals surface area contributed by atoms with E-state index in [4.69, 9.17) is 9.29 Å². The van der Waals surface area contributed by atoms with Crippen molar-refractivity contribution in [3.63, 3.8) is 0 Å². The van der Waals surface area contributed by atoms with Gasteiger partial charge in [0, 0.05) is 18.6 Å². The van der Waals surface area contributed by atoms with E-state index in [9.17, 15) is 13.5 Å². The molecule has 2 N–H and O–H groups in total. The van der Waals surface area contributed by atoms with Crippen molar-refractivity contribution in [2.45, 2.75) is 32.3 Å². The molecule has 6 heteroatoms. The molecule has 5 nitrogen and oxygen atoms in total. The molecule has 0 saturated carbocycles. The molecule has 1 atom stereocenters. The Labute approximate surface area is 90.2 Å². The number of hydrogen-bond donors (Lipinski definition) is 2. The molecule has 1 saturated heterocycles. The maximum Gasteiger partial charge on any atom is 0.265 e. The Morgan fingerprint density at radius 1 is 1.40 bits per heavy atom. The summed E-state index contributed by atoms with van der Waals surface area (Å²) in [4.78, 5) is 0. The minimum atomic E-state index is -4.06. The van der Waals surface area contributed by atoms with Crippen LogP contribution in [0.3, 0.4) is 0 Å². The monoisotopic (exact) mass is 238 g/mol. The molecule has 1 aliphatic rings. The van der Waals surface area contributed by atoms with Crippen molar-refractivity contribution in [2.75, 3.05) is 19.0 Å². The van der Waals surface area contributed by atoms with E-state index in [1.165, 1.54) is 0 Å². The second-order valence-corrected chi connectivity index (χ2v) is 6.37. The van der Waals surface area contributed by atoms with Crippen LogP contribution in [-0.2, 0) is 14.9 Å². The molecule has 0 aromatic carbocycles. The Bertz CT molecular complexity index is 321. The Morgan fingerprint density at radius 3 is 2.40 bits per heavy atom. The molecule has 0 aliphatic carbocycles. The third-order valence-electron chi connectivity index (χ3n) is 2.75. The highest BCUT2D eigenvalue weighted by atomic mass is 32.2. The van der Waals surface area contributed by atoms with Gasteiger partial charge in [0.1, 0.15) is 0 Å². The summed E-state index contributed by atoms with van der Waals surface area (Å²) in [6.07, 6.45) is 0.878. The standard InChI is InChI=1S/C9H18O5S/c1-8(2)5-9(6-10,3-4-14-8)7-15(11,12)13/h10H,3-7H2,1-2H3,(H,11,12,13)/t9-/m0/s1. The normalized spacial score (nSPS) is 31.5. The minimum Gasteiger partial charge on any atom is -0.396 e. The molecule has 0 spiro atoms. The van der Waals surface area contributed by atoms with Gasteiger partial charge < -0.3 is 9.84 Å². The van der Waals surface area contributed by atoms with Gasteiger partial charge in [0.05, 0.1) is 11.4 Å². The van der Waals surface area contributed by atoms with Crippen LogP contribution in [0.2, 0.25) is 0 Å². The van der Waals surface area contributed by atoms with Crippen molar-refractivity contribution in [3.05, 3.63) is 0 Å². The minimum absolute atomic E-state index is 0.250. The fourth-order valence-electron chi connectivity index (χ4n) is 2.28. The van der Waals surface area contributed by atoms with Crippen molar-refractivity contribution >= 4 is 10.1 Å². The first kappa shape index (κ1) is 12.9. The van der Waals surface area contributed by atoms with Gasteiger partial charge in [0.15, 0.2) is 0 Å². The van der Waals surface area contributed by atoms with Crippen LogP contribution in [0.25, 0.3) is 0 Å². The van der Waals surface area contributed by atoms with Gasteiger partial charge in [-0.05, 0) is 26.7 Å². The average molecular weight is 238 g/mol. The SMILES string of the molecule is CC1(C)C[C@@](CO)(CS(=O)(=O)O)CCO1. The lowest BCUT2D eigenvalue weighted by atomic mass is 9.76. The Hall–Kier alpha value is -0.170. The van der Waals surface area contributed by atoms with Crippen molar-refractivity contribution in [1.82, 2.24) is 0 Å². The van der Waals surface area contributed by atoms with E-state index in [-0.39, 0.29) is 6.61 Å². The smallest absolute Gasteiger partial charge is 0.265 e. The van der Waals surface area contributed by atoms with Gasteiger partial charge in [-0.3, -0.25) is 4.55 Å². The molecule has 0 radical (unpaired) electrons. The Kier molecular flexibility index (Phi) is 3.45. The van der Waals surface area contributed by atoms with Gasteiger partial charge in [-0.1, -0.05) is 0 Å². The number of aliphatic hydroxyl groups is 1. The summed E-state index contributed by atoms with van der Waals surface area (Å²) in [6.45, 7) is 3.85. The topological polar surface area (TPSA) is 83.8 Å². The highest BCUT2D eigenvalue weighted by molar-refractivity contribution is 7.85. The second kappa shape index (κ2) is 4.01. The lowest BCUT2D eigenvalue weighted by Gasteiger charge is -2.43. The average Bonchev–Trinajstić information content (AvgIpc) is 1.99. The summed E-state index contributed by atoms with van der Waals surface area (Å²) >= 11 is 0. The molecule has 0 unspecified atom stereocenters. The lowest BCUT2D eigenvalue weighted by molar-refractivity contribution is -0.111. The quantitative estimate of drug-likeness (QED) is 0.697. The maximum absolute atomic E-state index is 10.9. The summed E-state index contributed by atoms with van der Waals surface area (Å²) in [5.41, 5.74) is -1.22. The molecule has 0 aromatic rings. The van der Waals surface area contributed by atoms with Gasteiger partial charge in [-0.2, -0.15) is 8.42 Å². The summed E-state index contributed by atoms with van der Waals surface area (Å²) in [6, 6.07) is 0. The largest absolute Gasteiger partial charge is 0.396 e. The van der Waals surface area contributed by atoms with Crippen molar-refractivity contribution in [3.8, 4) is 0 Å². The molecule has 1 aliphatic heterocycles. The van der Waals surface area contributed by atoms with Crippen LogP contribution in [0.4, 0.5) is 0 Å². The molecule has 15 heavy (non-hydrogen) atoms. The predicted molar refractivity (Wildman–Crippen MR) is 55.2 cm³/mol. The molecule has 0 bridgehead atoms. The van der Waals surface area contributed by atoms with Gasteiger partial charge in [0.2, 0.25) is 0 Å². The van der Waals surface area contributed by atoms with Crippen molar-refractivity contribution in [1.29, 1.82) is 0 Å². The first-order valence-corrected chi connectivity index (χ1v) is 6.49. The van der Waals surface area contributed by atoms with Crippen LogP contribution in [0.1, 0.15) is 26.7 Å². The van der Waals surface area contributed by atoms with E-state index in [1.54, 1.807) is 0 Å². The molecule has 0 aromatic heterocycles. The number of rotatable bonds is 3. The van der Waals surface area contributed by atoms with Crippen molar-refractivity contribution in [2.24, 2.45) is 5.41 Å². The summed E-state index contributed by atoms with van der Waals surface area (Å²) in [7, 11) is -4.06. The summed E-state index contributed by atoms with van der Waals surface area (Å²) in [5, 5.41) is 9.31. The van der Waals surface area contributed by atoms with Gasteiger partial charge >= 0.3 is 0 Å². The van der Waals surface area contributed by atoms with Crippen LogP contribution in [-0.4, -0.2) is 42.6 Å². The van der Waals surface area contributed by atoms with E-state index in [1.807, 2.05) is 13.8 Å². The zero-order chi connectivity index (χ0) is 11.7. The van der Waals surface area contributed by atoms with E-state index in [0.29, 0.717) is 19.4 Å². The molecule has 0 amide bonds. The first-order valence-electron chi connectivity index (χ1n) is 4.88. The van der Waals surface area contributed by atoms with Crippen LogP contribution in [0.5, 0.6) is 0 Å². The summed E-state index contributed by atoms with van der Waals surface area (Å²) < 4.78 is 36.1. The van der Waals surface area contributed by atoms with Crippen LogP contribution < -0.4 is 0 Å². The van der Waals surface area contributed by atoms with E-state index < -0.39 is 26.9 Å². The molecular formula is C9H18O5S. The number of hydrogen-bond acceptors (Lipinski definition) is 4. The third-order valence-corrected chi connectivity index (χ3v) is 3.73. The second-order valence-electron chi connectivity index (χ2n) is 4.92. The fraction of sp³-hybridized carbons (Fsp3) is 1.00. The van der Waals surface area contributed by atoms with Crippen LogP contribution >= 0.6 is 0 Å². The van der Waals surface area contributed by atoms with Crippen molar-refractivity contribution < 1.29 is 22.8 Å². The number of aliphatic hydroxyl groups excluding tert-OH is 1. The molecule has 1 rings (SSSR count). The molecule has 90 valence electrons. The van der Waals surface area contributed by atoms with Gasteiger partial charge in [-0.25, -0.2) is 0 Å². The zero-order valence-corrected chi connectivity index (χ0v) is 9.88. The number of ether oxygens (including phenoxy) is 1. The third kappa shape index (κ3) is 3.71. The molecule has 1 heterocycles. The van der Waals surface area contributed by atoms with E-state index >= 15 is 0 Å². The van der Waals surface area contributed by atoms with Crippen LogP contribution in [0, 0.1) is 5.41 Å². The first-order chi connectivity index (χ1) is 6.68. The van der Waals surface area contributed by atoms with Gasteiger partial charge in [0.25, 0.3) is 10.1 Å². The van der Waals surface area contributed by atoms with E-state index in [2.05, 4.69) is 0 Å². The highest BCUT2D eigenvalue weighted by Gasteiger charge is 2.43. The molecular weight excluding hydrogens is 220 g/mol.